The number of halogens is 2. The first-order valence-electron chi connectivity index (χ1n) is 11.1. The number of benzene rings is 2. The largest absolute Gasteiger partial charge is 0.497 e. The molecule has 3 aromatic rings. The second-order valence-electron chi connectivity index (χ2n) is 8.22. The summed E-state index contributed by atoms with van der Waals surface area (Å²) in [7, 11) is 1.59. The molecule has 9 heteroatoms. The van der Waals surface area contributed by atoms with E-state index in [1.54, 1.807) is 24.4 Å². The summed E-state index contributed by atoms with van der Waals surface area (Å²) < 4.78 is 24.9. The Labute approximate surface area is 208 Å². The molecule has 1 fully saturated rings. The van der Waals surface area contributed by atoms with Crippen molar-refractivity contribution in [2.45, 2.75) is 19.3 Å². The Morgan fingerprint density at radius 2 is 1.83 bits per heavy atom. The fourth-order valence-corrected chi connectivity index (χ4v) is 4.12. The van der Waals surface area contributed by atoms with Crippen molar-refractivity contribution in [1.29, 1.82) is 0 Å². The molecule has 7 nitrogen and oxygen atoms in total. The lowest BCUT2D eigenvalue weighted by molar-refractivity contribution is -0.132. The lowest BCUT2D eigenvalue weighted by atomic mass is 10.2. The van der Waals surface area contributed by atoms with Crippen molar-refractivity contribution in [2.75, 3.05) is 26.7 Å². The van der Waals surface area contributed by atoms with Gasteiger partial charge in [0.25, 0.3) is 5.91 Å². The summed E-state index contributed by atoms with van der Waals surface area (Å²) in [6.45, 7) is 1.01. The molecular formula is C26H25ClFN3O4. The molecule has 0 radical (unpaired) electrons. The molecule has 182 valence electrons. The number of rotatable bonds is 7. The van der Waals surface area contributed by atoms with Gasteiger partial charge in [-0.05, 0) is 53.6 Å². The van der Waals surface area contributed by atoms with E-state index in [2.05, 4.69) is 4.98 Å². The fourth-order valence-electron chi connectivity index (χ4n) is 3.87. The summed E-state index contributed by atoms with van der Waals surface area (Å²) in [4.78, 5) is 33.6. The predicted octanol–water partition coefficient (Wildman–Crippen LogP) is 3.95. The van der Waals surface area contributed by atoms with Crippen LogP contribution >= 0.6 is 11.6 Å². The van der Waals surface area contributed by atoms with Crippen molar-refractivity contribution in [3.8, 4) is 5.75 Å². The number of hydrogen-bond donors (Lipinski definition) is 0. The monoisotopic (exact) mass is 497 g/mol. The molecule has 0 aliphatic carbocycles. The molecule has 0 bridgehead atoms. The first-order valence-corrected chi connectivity index (χ1v) is 11.5. The lowest BCUT2D eigenvalue weighted by Gasteiger charge is -2.25. The summed E-state index contributed by atoms with van der Waals surface area (Å²) in [6.07, 6.45) is 2.91. The molecule has 4 rings (SSSR count). The van der Waals surface area contributed by atoms with Gasteiger partial charge < -0.3 is 19.3 Å². The molecule has 2 heterocycles. The minimum Gasteiger partial charge on any atom is -0.497 e. The lowest BCUT2D eigenvalue weighted by Crippen LogP contribution is -2.39. The van der Waals surface area contributed by atoms with E-state index in [1.165, 1.54) is 17.0 Å². The van der Waals surface area contributed by atoms with Gasteiger partial charge in [0.15, 0.2) is 0 Å². The quantitative estimate of drug-likeness (QED) is 0.494. The van der Waals surface area contributed by atoms with Crippen molar-refractivity contribution >= 4 is 23.4 Å². The third-order valence-electron chi connectivity index (χ3n) is 5.74. The number of pyridine rings is 1. The molecule has 0 N–H and O–H groups in total. The van der Waals surface area contributed by atoms with Gasteiger partial charge >= 0.3 is 0 Å². The number of carbonyl (C=O) groups is 2. The Morgan fingerprint density at radius 3 is 2.51 bits per heavy atom. The smallest absolute Gasteiger partial charge is 0.255 e. The molecule has 1 aliphatic rings. The molecular weight excluding hydrogens is 473 g/mol. The van der Waals surface area contributed by atoms with E-state index >= 15 is 0 Å². The van der Waals surface area contributed by atoms with E-state index in [-0.39, 0.29) is 29.6 Å². The van der Waals surface area contributed by atoms with Crippen molar-refractivity contribution in [1.82, 2.24) is 14.8 Å². The summed E-state index contributed by atoms with van der Waals surface area (Å²) >= 11 is 6.13. The molecule has 0 saturated carbocycles. The van der Waals surface area contributed by atoms with E-state index in [0.717, 1.165) is 22.9 Å². The number of carbonyl (C=O) groups excluding carboxylic acids is 2. The highest BCUT2D eigenvalue weighted by atomic mass is 35.5. The highest BCUT2D eigenvalue weighted by Crippen LogP contribution is 2.22. The van der Waals surface area contributed by atoms with Gasteiger partial charge in [0.1, 0.15) is 18.1 Å². The van der Waals surface area contributed by atoms with Crippen LogP contribution in [0.15, 0.2) is 67.0 Å². The van der Waals surface area contributed by atoms with Crippen LogP contribution in [0.2, 0.25) is 5.02 Å². The number of amides is 2. The van der Waals surface area contributed by atoms with Crippen LogP contribution in [0.4, 0.5) is 4.39 Å². The maximum absolute atomic E-state index is 13.5. The SMILES string of the molecule is COc1ccc(CN2C[C@@H](OCc3ccncc3)CN(C(=O)c3ccc(F)cc3Cl)CC2=O)cc1. The van der Waals surface area contributed by atoms with Crippen LogP contribution in [0.5, 0.6) is 5.75 Å². The zero-order valence-electron chi connectivity index (χ0n) is 19.2. The molecule has 1 aromatic heterocycles. The van der Waals surface area contributed by atoms with Gasteiger partial charge in [0.05, 0.1) is 30.4 Å². The second kappa shape index (κ2) is 11.3. The van der Waals surface area contributed by atoms with E-state index in [4.69, 9.17) is 21.1 Å². The minimum absolute atomic E-state index is 0.00367. The van der Waals surface area contributed by atoms with Crippen LogP contribution in [0.25, 0.3) is 0 Å². The summed E-state index contributed by atoms with van der Waals surface area (Å²) in [6, 6.07) is 14.7. The summed E-state index contributed by atoms with van der Waals surface area (Å²) in [5.74, 6) is -0.486. The van der Waals surface area contributed by atoms with Gasteiger partial charge in [0, 0.05) is 32.0 Å². The van der Waals surface area contributed by atoms with Gasteiger partial charge in [-0.1, -0.05) is 23.7 Å². The van der Waals surface area contributed by atoms with Crippen LogP contribution in [0.1, 0.15) is 21.5 Å². The zero-order valence-corrected chi connectivity index (χ0v) is 20.0. The van der Waals surface area contributed by atoms with Crippen molar-refractivity contribution in [2.24, 2.45) is 0 Å². The number of aromatic nitrogens is 1. The van der Waals surface area contributed by atoms with Crippen molar-refractivity contribution in [3.63, 3.8) is 0 Å². The molecule has 0 spiro atoms. The van der Waals surface area contributed by atoms with Gasteiger partial charge in [0.2, 0.25) is 5.91 Å². The highest BCUT2D eigenvalue weighted by Gasteiger charge is 2.32. The molecule has 35 heavy (non-hydrogen) atoms. The molecule has 1 aliphatic heterocycles. The molecule has 0 unspecified atom stereocenters. The Balaban J connectivity index is 1.55. The standard InChI is InChI=1S/C26H25ClFN3O4/c1-34-21-5-2-18(3-6-21)13-30-14-22(35-17-19-8-10-29-11-9-19)15-31(16-25(30)32)26(33)23-7-4-20(28)12-24(23)27/h2-12,22H,13-17H2,1H3/t22-/m1/s1. The Morgan fingerprint density at radius 1 is 1.09 bits per heavy atom. The van der Waals surface area contributed by atoms with E-state index in [1.807, 2.05) is 36.4 Å². The zero-order chi connectivity index (χ0) is 24.8. The van der Waals surface area contributed by atoms with Gasteiger partial charge in [-0.2, -0.15) is 0 Å². The Hall–Kier alpha value is -3.49. The van der Waals surface area contributed by atoms with Gasteiger partial charge in [-0.15, -0.1) is 0 Å². The third-order valence-corrected chi connectivity index (χ3v) is 6.06. The average Bonchev–Trinajstić information content (AvgIpc) is 3.02. The Bertz CT molecular complexity index is 1180. The van der Waals surface area contributed by atoms with Gasteiger partial charge in [-0.3, -0.25) is 14.6 Å². The maximum atomic E-state index is 13.5. The number of ether oxygens (including phenoxy) is 2. The van der Waals surface area contributed by atoms with Crippen LogP contribution < -0.4 is 4.74 Å². The molecule has 1 atom stereocenters. The highest BCUT2D eigenvalue weighted by molar-refractivity contribution is 6.33. The first kappa shape index (κ1) is 24.6. The van der Waals surface area contributed by atoms with E-state index in [0.29, 0.717) is 19.7 Å². The Kier molecular flexibility index (Phi) is 7.94. The topological polar surface area (TPSA) is 72.0 Å². The normalized spacial score (nSPS) is 16.2. The number of methoxy groups -OCH3 is 1. The van der Waals surface area contributed by atoms with E-state index < -0.39 is 17.8 Å². The van der Waals surface area contributed by atoms with Crippen LogP contribution in [-0.2, 0) is 22.7 Å². The number of nitrogens with zero attached hydrogens (tertiary/aromatic N) is 3. The maximum Gasteiger partial charge on any atom is 0.255 e. The average molecular weight is 498 g/mol. The first-order chi connectivity index (χ1) is 16.9. The molecule has 1 saturated heterocycles. The van der Waals surface area contributed by atoms with Crippen LogP contribution in [-0.4, -0.2) is 59.4 Å². The van der Waals surface area contributed by atoms with Gasteiger partial charge in [-0.25, -0.2) is 4.39 Å². The molecule has 2 amide bonds. The summed E-state index contributed by atoms with van der Waals surface area (Å²) in [5, 5.41) is -0.00367. The second-order valence-corrected chi connectivity index (χ2v) is 8.63. The van der Waals surface area contributed by atoms with Crippen LogP contribution in [0.3, 0.4) is 0 Å². The summed E-state index contributed by atoms with van der Waals surface area (Å²) in [5.41, 5.74) is 1.99. The van der Waals surface area contributed by atoms with Crippen molar-refractivity contribution in [3.05, 3.63) is 94.5 Å². The van der Waals surface area contributed by atoms with E-state index in [9.17, 15) is 14.0 Å². The fraction of sp³-hybridized carbons (Fsp3) is 0.269. The third kappa shape index (κ3) is 6.35. The molecule has 2 aromatic carbocycles. The minimum atomic E-state index is -0.539. The van der Waals surface area contributed by atoms with Crippen LogP contribution in [0, 0.1) is 5.82 Å². The number of hydrogen-bond acceptors (Lipinski definition) is 5. The predicted molar refractivity (Wildman–Crippen MR) is 129 cm³/mol. The van der Waals surface area contributed by atoms with Crippen molar-refractivity contribution < 1.29 is 23.5 Å².